The molecule has 1 aromatic carbocycles. The normalized spacial score (nSPS) is 11.0. The fourth-order valence-electron chi connectivity index (χ4n) is 2.75. The van der Waals surface area contributed by atoms with Crippen LogP contribution in [0.3, 0.4) is 0 Å². The van der Waals surface area contributed by atoms with Gasteiger partial charge in [-0.2, -0.15) is 0 Å². The molecule has 4 aromatic rings. The minimum absolute atomic E-state index is 0.150. The van der Waals surface area contributed by atoms with E-state index in [0.29, 0.717) is 22.5 Å². The predicted molar refractivity (Wildman–Crippen MR) is 117 cm³/mol. The molecule has 1 amide bonds. The van der Waals surface area contributed by atoms with Crippen LogP contribution in [0.4, 0.5) is 5.13 Å². The van der Waals surface area contributed by atoms with Crippen molar-refractivity contribution in [1.82, 2.24) is 24.8 Å². The van der Waals surface area contributed by atoms with Gasteiger partial charge in [-0.3, -0.25) is 9.78 Å². The molecular formula is C19H19N7O2S2. The van der Waals surface area contributed by atoms with Gasteiger partial charge in [0.1, 0.15) is 5.75 Å². The minimum atomic E-state index is -0.189. The Labute approximate surface area is 180 Å². The van der Waals surface area contributed by atoms with Crippen LogP contribution in [0.5, 0.6) is 5.75 Å². The molecule has 3 aromatic heterocycles. The zero-order valence-corrected chi connectivity index (χ0v) is 17.7. The molecule has 11 heteroatoms. The molecular weight excluding hydrogens is 422 g/mol. The topological polar surface area (TPSA) is 121 Å². The van der Waals surface area contributed by atoms with Crippen LogP contribution in [-0.2, 0) is 17.6 Å². The molecule has 30 heavy (non-hydrogen) atoms. The summed E-state index contributed by atoms with van der Waals surface area (Å²) in [4.78, 5) is 20.8. The van der Waals surface area contributed by atoms with E-state index in [0.717, 1.165) is 28.0 Å². The number of methoxy groups -OCH3 is 1. The van der Waals surface area contributed by atoms with E-state index in [1.807, 2.05) is 36.5 Å². The van der Waals surface area contributed by atoms with Crippen molar-refractivity contribution >= 4 is 44.4 Å². The Balaban J connectivity index is 1.32. The smallest absolute Gasteiger partial charge is 0.236 e. The average Bonchev–Trinajstić information content (AvgIpc) is 3.33. The van der Waals surface area contributed by atoms with Crippen LogP contribution < -0.4 is 15.9 Å². The molecule has 0 aliphatic heterocycles. The number of thioether (sulfide) groups is 1. The lowest BCUT2D eigenvalue weighted by Gasteiger charge is -2.04. The molecule has 9 nitrogen and oxygen atoms in total. The van der Waals surface area contributed by atoms with E-state index in [9.17, 15) is 4.79 Å². The van der Waals surface area contributed by atoms with E-state index in [-0.39, 0.29) is 11.7 Å². The van der Waals surface area contributed by atoms with Crippen LogP contribution in [-0.4, -0.2) is 43.6 Å². The maximum absolute atomic E-state index is 12.3. The van der Waals surface area contributed by atoms with Gasteiger partial charge in [-0.05, 0) is 36.2 Å². The first kappa shape index (κ1) is 20.1. The van der Waals surface area contributed by atoms with Gasteiger partial charge in [-0.1, -0.05) is 29.2 Å². The summed E-state index contributed by atoms with van der Waals surface area (Å²) in [6.45, 7) is 0. The van der Waals surface area contributed by atoms with Gasteiger partial charge in [0.25, 0.3) is 0 Å². The van der Waals surface area contributed by atoms with Gasteiger partial charge in [0.2, 0.25) is 11.1 Å². The minimum Gasteiger partial charge on any atom is -0.497 e. The number of thiazole rings is 1. The first-order valence-corrected chi connectivity index (χ1v) is 10.9. The Morgan fingerprint density at radius 3 is 3.00 bits per heavy atom. The monoisotopic (exact) mass is 441 g/mol. The Bertz CT molecular complexity index is 1160. The quantitative estimate of drug-likeness (QED) is 0.316. The Kier molecular flexibility index (Phi) is 6.10. The van der Waals surface area contributed by atoms with Gasteiger partial charge in [0.15, 0.2) is 11.0 Å². The van der Waals surface area contributed by atoms with Gasteiger partial charge < -0.3 is 15.9 Å². The van der Waals surface area contributed by atoms with Crippen molar-refractivity contribution < 1.29 is 9.53 Å². The number of hydrogen-bond acceptors (Lipinski definition) is 9. The summed E-state index contributed by atoms with van der Waals surface area (Å²) in [5, 5.41) is 12.1. The lowest BCUT2D eigenvalue weighted by atomic mass is 10.1. The van der Waals surface area contributed by atoms with Gasteiger partial charge >= 0.3 is 0 Å². The summed E-state index contributed by atoms with van der Waals surface area (Å²) in [6.07, 6.45) is 4.95. The second-order valence-electron chi connectivity index (χ2n) is 6.32. The number of carbonyl (C=O) groups is 1. The maximum atomic E-state index is 12.3. The molecule has 3 N–H and O–H groups in total. The number of aromatic nitrogens is 5. The van der Waals surface area contributed by atoms with Gasteiger partial charge in [-0.25, -0.2) is 9.66 Å². The predicted octanol–water partition coefficient (Wildman–Crippen LogP) is 2.52. The Morgan fingerprint density at radius 1 is 1.30 bits per heavy atom. The molecule has 3 heterocycles. The number of nitrogens with one attached hydrogen (secondary N) is 1. The number of hydrogen-bond donors (Lipinski definition) is 2. The zero-order chi connectivity index (χ0) is 20.9. The van der Waals surface area contributed by atoms with Crippen molar-refractivity contribution in [3.05, 3.63) is 54.1 Å². The number of benzene rings is 1. The highest BCUT2D eigenvalue weighted by Gasteiger charge is 2.14. The third kappa shape index (κ3) is 4.69. The summed E-state index contributed by atoms with van der Waals surface area (Å²) in [7, 11) is 1.61. The maximum Gasteiger partial charge on any atom is 0.236 e. The molecule has 0 saturated heterocycles. The number of pyridine rings is 1. The number of fused-ring (bicyclic) bond motifs is 1. The fourth-order valence-corrected chi connectivity index (χ4v) is 4.33. The molecule has 154 valence electrons. The van der Waals surface area contributed by atoms with E-state index in [2.05, 4.69) is 25.5 Å². The van der Waals surface area contributed by atoms with Crippen molar-refractivity contribution in [3.8, 4) is 5.75 Å². The summed E-state index contributed by atoms with van der Waals surface area (Å²) in [6, 6.07) is 9.48. The summed E-state index contributed by atoms with van der Waals surface area (Å²) >= 11 is 2.62. The molecule has 0 saturated carbocycles. The van der Waals surface area contributed by atoms with Crippen LogP contribution in [0, 0.1) is 0 Å². The van der Waals surface area contributed by atoms with E-state index in [1.165, 1.54) is 27.8 Å². The van der Waals surface area contributed by atoms with E-state index < -0.39 is 0 Å². The summed E-state index contributed by atoms with van der Waals surface area (Å²) in [5.41, 5.74) is 1.91. The number of rotatable bonds is 8. The van der Waals surface area contributed by atoms with Crippen LogP contribution >= 0.6 is 23.1 Å². The van der Waals surface area contributed by atoms with E-state index >= 15 is 0 Å². The standard InChI is InChI=1S/C19H19N7O2S2/c1-28-13-5-6-14-15(9-13)30-18(22-14)23-17(27)11-29-19-25-24-16(26(19)20)7-4-12-3-2-8-21-10-12/h2-3,5-6,8-10H,4,7,11,20H2,1H3,(H,22,23,27). The Hall–Kier alpha value is -3.18. The number of nitrogen functional groups attached to an aromatic ring is 1. The third-order valence-electron chi connectivity index (χ3n) is 4.27. The summed E-state index contributed by atoms with van der Waals surface area (Å²) < 4.78 is 7.58. The van der Waals surface area contributed by atoms with Crippen molar-refractivity contribution in [2.75, 3.05) is 24.0 Å². The molecule has 0 radical (unpaired) electrons. The van der Waals surface area contributed by atoms with Gasteiger partial charge in [0.05, 0.1) is 23.1 Å². The average molecular weight is 442 g/mol. The lowest BCUT2D eigenvalue weighted by Crippen LogP contribution is -2.17. The molecule has 0 spiro atoms. The van der Waals surface area contributed by atoms with Gasteiger partial charge in [0, 0.05) is 18.8 Å². The molecule has 0 bridgehead atoms. The molecule has 4 rings (SSSR count). The second-order valence-corrected chi connectivity index (χ2v) is 8.29. The number of nitrogens with zero attached hydrogens (tertiary/aromatic N) is 5. The molecule has 0 unspecified atom stereocenters. The molecule has 0 aliphatic rings. The van der Waals surface area contributed by atoms with Crippen molar-refractivity contribution in [3.63, 3.8) is 0 Å². The highest BCUT2D eigenvalue weighted by Crippen LogP contribution is 2.29. The zero-order valence-electron chi connectivity index (χ0n) is 16.1. The summed E-state index contributed by atoms with van der Waals surface area (Å²) in [5.74, 6) is 7.45. The van der Waals surface area contributed by atoms with Crippen LogP contribution in [0.2, 0.25) is 0 Å². The molecule has 0 fully saturated rings. The largest absolute Gasteiger partial charge is 0.497 e. The van der Waals surface area contributed by atoms with Crippen molar-refractivity contribution in [2.45, 2.75) is 18.0 Å². The molecule has 0 aliphatic carbocycles. The van der Waals surface area contributed by atoms with E-state index in [4.69, 9.17) is 10.6 Å². The number of amides is 1. The van der Waals surface area contributed by atoms with Crippen LogP contribution in [0.1, 0.15) is 11.4 Å². The van der Waals surface area contributed by atoms with Crippen molar-refractivity contribution in [2.24, 2.45) is 0 Å². The van der Waals surface area contributed by atoms with Crippen LogP contribution in [0.15, 0.2) is 47.9 Å². The third-order valence-corrected chi connectivity index (χ3v) is 6.15. The fraction of sp³-hybridized carbons (Fsp3) is 0.211. The number of carbonyl (C=O) groups excluding carboxylic acids is 1. The first-order valence-electron chi connectivity index (χ1n) is 9.08. The second kappa shape index (κ2) is 9.09. The number of ether oxygens (including phenoxy) is 1. The van der Waals surface area contributed by atoms with Crippen molar-refractivity contribution in [1.29, 1.82) is 0 Å². The number of aryl methyl sites for hydroxylation is 2. The lowest BCUT2D eigenvalue weighted by molar-refractivity contribution is -0.113. The first-order chi connectivity index (χ1) is 14.6. The Morgan fingerprint density at radius 2 is 2.20 bits per heavy atom. The highest BCUT2D eigenvalue weighted by molar-refractivity contribution is 7.99. The SMILES string of the molecule is COc1ccc2nc(NC(=O)CSc3nnc(CCc4cccnc4)n3N)sc2c1. The van der Waals surface area contributed by atoms with E-state index in [1.54, 1.807) is 13.3 Å². The van der Waals surface area contributed by atoms with Gasteiger partial charge in [-0.15, -0.1) is 10.2 Å². The number of anilines is 1. The molecule has 0 atom stereocenters. The van der Waals surface area contributed by atoms with Crippen LogP contribution in [0.25, 0.3) is 10.2 Å². The highest BCUT2D eigenvalue weighted by atomic mass is 32.2. The number of nitrogens with two attached hydrogens (primary N) is 1.